The van der Waals surface area contributed by atoms with E-state index in [1.54, 1.807) is 6.07 Å². The minimum absolute atomic E-state index is 0.0398. The summed E-state index contributed by atoms with van der Waals surface area (Å²) < 4.78 is 0. The first-order chi connectivity index (χ1) is 11.6. The fourth-order valence-corrected chi connectivity index (χ4v) is 2.73. The number of H-pyrrole nitrogens is 1. The van der Waals surface area contributed by atoms with Crippen molar-refractivity contribution in [2.45, 2.75) is 5.16 Å². The Balaban J connectivity index is 1.59. The summed E-state index contributed by atoms with van der Waals surface area (Å²) in [4.78, 5) is 16.3. The number of hydrogen-bond donors (Lipinski definition) is 3. The number of aromatic amines is 1. The highest BCUT2D eigenvalue weighted by atomic mass is 35.5. The molecule has 24 heavy (non-hydrogen) atoms. The van der Waals surface area contributed by atoms with Gasteiger partial charge in [-0.05, 0) is 18.2 Å². The highest BCUT2D eigenvalue weighted by molar-refractivity contribution is 7.99. The van der Waals surface area contributed by atoms with Crippen LogP contribution in [0.4, 0.5) is 5.69 Å². The molecule has 3 aromatic rings. The molecule has 0 saturated carbocycles. The molecule has 122 valence electrons. The molecule has 3 N–H and O–H groups in total. The van der Waals surface area contributed by atoms with Crippen LogP contribution in [0.2, 0.25) is 5.02 Å². The van der Waals surface area contributed by atoms with Gasteiger partial charge in [0.2, 0.25) is 11.1 Å². The van der Waals surface area contributed by atoms with Gasteiger partial charge in [0.05, 0.1) is 11.4 Å². The molecule has 3 rings (SSSR count). The first kappa shape index (κ1) is 16.4. The summed E-state index contributed by atoms with van der Waals surface area (Å²) in [6.45, 7) is 0. The molecule has 0 bridgehead atoms. The average Bonchev–Trinajstić information content (AvgIpc) is 3.06. The van der Waals surface area contributed by atoms with Crippen LogP contribution >= 0.6 is 23.4 Å². The van der Waals surface area contributed by atoms with Crippen molar-refractivity contribution in [2.24, 2.45) is 0 Å². The van der Waals surface area contributed by atoms with Crippen LogP contribution in [0, 0.1) is 0 Å². The van der Waals surface area contributed by atoms with Crippen LogP contribution in [0.1, 0.15) is 0 Å². The van der Waals surface area contributed by atoms with Crippen LogP contribution in [-0.2, 0) is 4.79 Å². The van der Waals surface area contributed by atoms with E-state index in [-0.39, 0.29) is 23.1 Å². The number of carbonyl (C=O) groups excluding carboxylic acids is 1. The Labute approximate surface area is 147 Å². The summed E-state index contributed by atoms with van der Waals surface area (Å²) in [5.41, 5.74) is 1.19. The number of nitrogens with one attached hydrogen (secondary N) is 2. The fourth-order valence-electron chi connectivity index (χ4n) is 1.96. The van der Waals surface area contributed by atoms with Crippen molar-refractivity contribution < 1.29 is 9.90 Å². The van der Waals surface area contributed by atoms with Crippen molar-refractivity contribution in [3.63, 3.8) is 0 Å². The van der Waals surface area contributed by atoms with E-state index in [0.717, 1.165) is 5.56 Å². The molecule has 0 atom stereocenters. The lowest BCUT2D eigenvalue weighted by Crippen LogP contribution is -2.14. The second-order valence-corrected chi connectivity index (χ2v) is 6.21. The number of aromatic hydroxyl groups is 1. The number of halogens is 1. The smallest absolute Gasteiger partial charge is 0.234 e. The van der Waals surface area contributed by atoms with Gasteiger partial charge in [0.1, 0.15) is 5.75 Å². The fraction of sp³-hybridized carbons (Fsp3) is 0.0625. The van der Waals surface area contributed by atoms with Gasteiger partial charge in [-0.1, -0.05) is 53.7 Å². The molecule has 8 heteroatoms. The molecular formula is C16H13ClN4O2S. The molecule has 1 amide bonds. The summed E-state index contributed by atoms with van der Waals surface area (Å²) in [5, 5.41) is 20.1. The summed E-state index contributed by atoms with van der Waals surface area (Å²) in [5.74, 6) is 0.425. The maximum atomic E-state index is 12.0. The van der Waals surface area contributed by atoms with Crippen molar-refractivity contribution in [2.75, 3.05) is 11.1 Å². The lowest BCUT2D eigenvalue weighted by atomic mass is 10.2. The number of benzene rings is 2. The summed E-state index contributed by atoms with van der Waals surface area (Å²) in [7, 11) is 0. The maximum Gasteiger partial charge on any atom is 0.234 e. The zero-order valence-electron chi connectivity index (χ0n) is 12.4. The highest BCUT2D eigenvalue weighted by Crippen LogP contribution is 2.27. The zero-order valence-corrected chi connectivity index (χ0v) is 13.9. The standard InChI is InChI=1S/C16H13ClN4O2S/c17-11-6-7-13(22)12(8-11)18-14(23)9-24-16-19-15(20-21-16)10-4-2-1-3-5-10/h1-8,22H,9H2,(H,18,23)(H,19,20,21). The molecule has 0 aliphatic heterocycles. The zero-order chi connectivity index (χ0) is 16.9. The van der Waals surface area contributed by atoms with Gasteiger partial charge in [-0.2, -0.15) is 0 Å². The van der Waals surface area contributed by atoms with Crippen molar-refractivity contribution in [3.8, 4) is 17.1 Å². The van der Waals surface area contributed by atoms with E-state index in [9.17, 15) is 9.90 Å². The van der Waals surface area contributed by atoms with Crippen molar-refractivity contribution in [1.29, 1.82) is 0 Å². The number of anilines is 1. The van der Waals surface area contributed by atoms with E-state index in [2.05, 4.69) is 20.5 Å². The predicted molar refractivity (Wildman–Crippen MR) is 94.3 cm³/mol. The molecule has 0 aliphatic rings. The number of phenols is 1. The van der Waals surface area contributed by atoms with E-state index in [4.69, 9.17) is 11.6 Å². The van der Waals surface area contributed by atoms with Crippen molar-refractivity contribution in [1.82, 2.24) is 15.2 Å². The van der Waals surface area contributed by atoms with Gasteiger partial charge in [0, 0.05) is 10.6 Å². The minimum Gasteiger partial charge on any atom is -0.506 e. The monoisotopic (exact) mass is 360 g/mol. The molecule has 6 nitrogen and oxygen atoms in total. The highest BCUT2D eigenvalue weighted by Gasteiger charge is 2.11. The molecule has 0 unspecified atom stereocenters. The van der Waals surface area contributed by atoms with Crippen molar-refractivity contribution in [3.05, 3.63) is 53.6 Å². The first-order valence-electron chi connectivity index (χ1n) is 7.01. The molecule has 1 heterocycles. The van der Waals surface area contributed by atoms with Gasteiger partial charge in [-0.3, -0.25) is 9.89 Å². The third kappa shape index (κ3) is 4.06. The molecule has 2 aromatic carbocycles. The number of rotatable bonds is 5. The Morgan fingerprint density at radius 1 is 1.25 bits per heavy atom. The predicted octanol–water partition coefficient (Wildman–Crippen LogP) is 3.56. The quantitative estimate of drug-likeness (QED) is 0.478. The Morgan fingerprint density at radius 2 is 2.04 bits per heavy atom. The molecule has 0 radical (unpaired) electrons. The number of aromatic nitrogens is 3. The summed E-state index contributed by atoms with van der Waals surface area (Å²) in [6, 6.07) is 14.0. The lowest BCUT2D eigenvalue weighted by Gasteiger charge is -2.06. The normalized spacial score (nSPS) is 10.5. The number of nitrogens with zero attached hydrogens (tertiary/aromatic N) is 2. The average molecular weight is 361 g/mol. The Bertz CT molecular complexity index is 854. The second kappa shape index (κ2) is 7.37. The Hall–Kier alpha value is -2.51. The molecule has 0 saturated heterocycles. The van der Waals surface area contributed by atoms with E-state index < -0.39 is 0 Å². The van der Waals surface area contributed by atoms with Crippen LogP contribution in [0.25, 0.3) is 11.4 Å². The van der Waals surface area contributed by atoms with Gasteiger partial charge in [0.15, 0.2) is 5.82 Å². The number of amides is 1. The largest absolute Gasteiger partial charge is 0.506 e. The topological polar surface area (TPSA) is 90.9 Å². The third-order valence-corrected chi connectivity index (χ3v) is 4.16. The van der Waals surface area contributed by atoms with E-state index in [1.807, 2.05) is 30.3 Å². The van der Waals surface area contributed by atoms with Crippen LogP contribution in [0.3, 0.4) is 0 Å². The summed E-state index contributed by atoms with van der Waals surface area (Å²) in [6.07, 6.45) is 0. The number of carbonyl (C=O) groups is 1. The van der Waals surface area contributed by atoms with E-state index in [1.165, 1.54) is 23.9 Å². The van der Waals surface area contributed by atoms with Crippen LogP contribution in [0.5, 0.6) is 5.75 Å². The maximum absolute atomic E-state index is 12.0. The summed E-state index contributed by atoms with van der Waals surface area (Å²) >= 11 is 7.04. The molecule has 0 fully saturated rings. The van der Waals surface area contributed by atoms with Crippen LogP contribution < -0.4 is 5.32 Å². The molecule has 0 spiro atoms. The number of thioether (sulfide) groups is 1. The van der Waals surface area contributed by atoms with Crippen LogP contribution in [0.15, 0.2) is 53.7 Å². The first-order valence-corrected chi connectivity index (χ1v) is 8.37. The van der Waals surface area contributed by atoms with E-state index in [0.29, 0.717) is 16.0 Å². The lowest BCUT2D eigenvalue weighted by molar-refractivity contribution is -0.113. The van der Waals surface area contributed by atoms with Gasteiger partial charge in [0.25, 0.3) is 0 Å². The Morgan fingerprint density at radius 3 is 2.83 bits per heavy atom. The van der Waals surface area contributed by atoms with E-state index >= 15 is 0 Å². The van der Waals surface area contributed by atoms with Gasteiger partial charge < -0.3 is 10.4 Å². The SMILES string of the molecule is O=C(CSc1n[nH]c(-c2ccccc2)n1)Nc1cc(Cl)ccc1O. The number of hydrogen-bond acceptors (Lipinski definition) is 5. The minimum atomic E-state index is -0.288. The molecular weight excluding hydrogens is 348 g/mol. The number of phenolic OH excluding ortho intramolecular Hbond substituents is 1. The third-order valence-electron chi connectivity index (χ3n) is 3.08. The van der Waals surface area contributed by atoms with Gasteiger partial charge >= 0.3 is 0 Å². The second-order valence-electron chi connectivity index (χ2n) is 4.83. The van der Waals surface area contributed by atoms with Gasteiger partial charge in [-0.25, -0.2) is 4.98 Å². The molecule has 1 aromatic heterocycles. The molecule has 0 aliphatic carbocycles. The van der Waals surface area contributed by atoms with Crippen LogP contribution in [-0.4, -0.2) is 31.9 Å². The Kier molecular flexibility index (Phi) is 5.02. The van der Waals surface area contributed by atoms with Gasteiger partial charge in [-0.15, -0.1) is 5.10 Å². The van der Waals surface area contributed by atoms with Crippen molar-refractivity contribution >= 4 is 35.0 Å².